The molecule has 0 fully saturated rings. The van der Waals surface area contributed by atoms with Crippen LogP contribution >= 0.6 is 11.6 Å². The van der Waals surface area contributed by atoms with Crippen molar-refractivity contribution in [3.63, 3.8) is 0 Å². The van der Waals surface area contributed by atoms with Crippen LogP contribution in [0, 0.1) is 17.2 Å². The Hall–Kier alpha value is -3.05. The zero-order valence-electron chi connectivity index (χ0n) is 18.0. The van der Waals surface area contributed by atoms with Gasteiger partial charge in [-0.1, -0.05) is 32.4 Å². The quantitative estimate of drug-likeness (QED) is 0.496. The maximum absolute atomic E-state index is 15.6. The van der Waals surface area contributed by atoms with Gasteiger partial charge in [-0.15, -0.1) is 0 Å². The van der Waals surface area contributed by atoms with Crippen LogP contribution in [0.5, 0.6) is 0 Å². The maximum Gasteiger partial charge on any atom is 0.407 e. The van der Waals surface area contributed by atoms with E-state index in [1.54, 1.807) is 20.8 Å². The van der Waals surface area contributed by atoms with E-state index in [9.17, 15) is 22.7 Å². The molecular weight excluding hydrogens is 478 g/mol. The zero-order chi connectivity index (χ0) is 24.6. The Balaban J connectivity index is 2.23. The summed E-state index contributed by atoms with van der Waals surface area (Å²) in [5.74, 6) is -2.17. The molecule has 0 unspecified atom stereocenters. The molecule has 0 aromatic carbocycles. The lowest BCUT2D eigenvalue weighted by Gasteiger charge is -2.27. The van der Waals surface area contributed by atoms with Crippen molar-refractivity contribution >= 4 is 27.7 Å². The first-order valence-electron chi connectivity index (χ1n) is 9.66. The van der Waals surface area contributed by atoms with Gasteiger partial charge in [0.2, 0.25) is 5.95 Å². The van der Waals surface area contributed by atoms with Gasteiger partial charge < -0.3 is 10.0 Å². The Bertz CT molecular complexity index is 1310. The number of carbonyl (C=O) groups is 1. The van der Waals surface area contributed by atoms with Crippen LogP contribution in [0.15, 0.2) is 47.9 Å². The highest BCUT2D eigenvalue weighted by molar-refractivity contribution is 7.90. The predicted octanol–water partition coefficient (Wildman–Crippen LogP) is 4.64. The molecule has 0 spiro atoms. The van der Waals surface area contributed by atoms with Crippen LogP contribution in [0.25, 0.3) is 11.3 Å². The molecule has 176 valence electrons. The average Bonchev–Trinajstić information content (AvgIpc) is 3.03. The van der Waals surface area contributed by atoms with E-state index >= 15 is 4.39 Å². The molecule has 12 heteroatoms. The van der Waals surface area contributed by atoms with Gasteiger partial charge in [0.15, 0.2) is 5.82 Å². The van der Waals surface area contributed by atoms with Crippen LogP contribution in [0.4, 0.5) is 13.6 Å². The minimum absolute atomic E-state index is 0.0280. The number of amides is 1. The average molecular weight is 499 g/mol. The van der Waals surface area contributed by atoms with Crippen molar-refractivity contribution in [2.24, 2.45) is 5.41 Å². The first-order chi connectivity index (χ1) is 15.3. The molecule has 1 amide bonds. The Morgan fingerprint density at radius 1 is 1.27 bits per heavy atom. The largest absolute Gasteiger partial charge is 0.465 e. The van der Waals surface area contributed by atoms with Gasteiger partial charge in [0, 0.05) is 36.9 Å². The highest BCUT2D eigenvalue weighted by Crippen LogP contribution is 2.33. The summed E-state index contributed by atoms with van der Waals surface area (Å²) in [4.78, 5) is 19.6. The summed E-state index contributed by atoms with van der Waals surface area (Å²) < 4.78 is 57.3. The molecule has 0 saturated carbocycles. The van der Waals surface area contributed by atoms with Gasteiger partial charge in [0.25, 0.3) is 10.0 Å². The van der Waals surface area contributed by atoms with Crippen LogP contribution in [-0.4, -0.2) is 45.0 Å². The molecule has 0 aliphatic heterocycles. The molecule has 3 rings (SSSR count). The molecule has 0 bridgehead atoms. The summed E-state index contributed by atoms with van der Waals surface area (Å²) in [5, 5.41) is 9.61. The molecule has 0 aliphatic carbocycles. The van der Waals surface area contributed by atoms with Gasteiger partial charge in [-0.3, -0.25) is 4.98 Å². The standard InChI is InChI=1S/C21H21ClF2N4O4S/c1-21(2,3)12-27(20(29)30)10-13-11-28(33(31,32)15-7-14(22)8-25-9-15)18(17(13)23)16-5-4-6-26-19(16)24/h4-9,11H,10,12H2,1-3H3,(H,29,30). The highest BCUT2D eigenvalue weighted by atomic mass is 35.5. The number of rotatable bonds is 6. The summed E-state index contributed by atoms with van der Waals surface area (Å²) in [6.45, 7) is 5.00. The number of hydrogen-bond donors (Lipinski definition) is 1. The summed E-state index contributed by atoms with van der Waals surface area (Å²) in [5.41, 5.74) is -1.72. The maximum atomic E-state index is 15.6. The van der Waals surface area contributed by atoms with Crippen molar-refractivity contribution in [1.82, 2.24) is 18.8 Å². The Kier molecular flexibility index (Phi) is 6.75. The van der Waals surface area contributed by atoms with Crippen molar-refractivity contribution in [2.45, 2.75) is 32.2 Å². The number of pyridine rings is 2. The third-order valence-electron chi connectivity index (χ3n) is 4.53. The van der Waals surface area contributed by atoms with E-state index in [2.05, 4.69) is 9.97 Å². The molecule has 0 atom stereocenters. The van der Waals surface area contributed by atoms with Crippen LogP contribution < -0.4 is 0 Å². The van der Waals surface area contributed by atoms with E-state index < -0.39 is 51.1 Å². The van der Waals surface area contributed by atoms with E-state index in [4.69, 9.17) is 11.6 Å². The number of carboxylic acid groups (broad SMARTS) is 1. The molecule has 8 nitrogen and oxygen atoms in total. The molecular formula is C21H21ClF2N4O4S. The van der Waals surface area contributed by atoms with Crippen molar-refractivity contribution < 1.29 is 27.1 Å². The molecule has 33 heavy (non-hydrogen) atoms. The third kappa shape index (κ3) is 5.31. The third-order valence-corrected chi connectivity index (χ3v) is 6.36. The lowest BCUT2D eigenvalue weighted by Crippen LogP contribution is -2.36. The number of halogens is 3. The first-order valence-corrected chi connectivity index (χ1v) is 11.5. The second-order valence-electron chi connectivity index (χ2n) is 8.50. The fourth-order valence-electron chi connectivity index (χ4n) is 3.23. The van der Waals surface area contributed by atoms with E-state index in [1.807, 2.05) is 0 Å². The highest BCUT2D eigenvalue weighted by Gasteiger charge is 2.31. The van der Waals surface area contributed by atoms with Crippen LogP contribution in [0.1, 0.15) is 26.3 Å². The van der Waals surface area contributed by atoms with E-state index in [1.165, 1.54) is 18.3 Å². The Morgan fingerprint density at radius 3 is 2.55 bits per heavy atom. The van der Waals surface area contributed by atoms with Crippen molar-refractivity contribution in [3.8, 4) is 11.3 Å². The normalized spacial score (nSPS) is 12.1. The fourth-order valence-corrected chi connectivity index (χ4v) is 4.85. The van der Waals surface area contributed by atoms with E-state index in [-0.39, 0.29) is 22.0 Å². The zero-order valence-corrected chi connectivity index (χ0v) is 19.5. The monoisotopic (exact) mass is 498 g/mol. The first kappa shape index (κ1) is 24.6. The lowest BCUT2D eigenvalue weighted by atomic mass is 9.96. The van der Waals surface area contributed by atoms with Gasteiger partial charge in [-0.25, -0.2) is 26.6 Å². The molecule has 0 radical (unpaired) electrons. The second kappa shape index (κ2) is 9.06. The van der Waals surface area contributed by atoms with Gasteiger partial charge in [0.05, 0.1) is 17.1 Å². The summed E-state index contributed by atoms with van der Waals surface area (Å²) in [6, 6.07) is 3.62. The summed E-state index contributed by atoms with van der Waals surface area (Å²) in [7, 11) is -4.48. The van der Waals surface area contributed by atoms with Crippen LogP contribution in [0.3, 0.4) is 0 Å². The second-order valence-corrected chi connectivity index (χ2v) is 10.7. The van der Waals surface area contributed by atoms with E-state index in [0.29, 0.717) is 3.97 Å². The molecule has 3 aromatic rings. The Morgan fingerprint density at radius 2 is 1.97 bits per heavy atom. The lowest BCUT2D eigenvalue weighted by molar-refractivity contribution is 0.122. The van der Waals surface area contributed by atoms with Crippen LogP contribution in [0.2, 0.25) is 5.02 Å². The van der Waals surface area contributed by atoms with Crippen molar-refractivity contribution in [2.75, 3.05) is 6.54 Å². The summed E-state index contributed by atoms with van der Waals surface area (Å²) >= 11 is 5.87. The molecule has 0 saturated heterocycles. The molecule has 3 heterocycles. The van der Waals surface area contributed by atoms with Gasteiger partial charge in [-0.2, -0.15) is 4.39 Å². The van der Waals surface area contributed by atoms with Crippen LogP contribution in [-0.2, 0) is 16.6 Å². The molecule has 0 aliphatic rings. The number of aromatic nitrogens is 3. The number of hydrogen-bond acceptors (Lipinski definition) is 5. The molecule has 1 N–H and O–H groups in total. The number of nitrogens with zero attached hydrogens (tertiary/aromatic N) is 4. The smallest absolute Gasteiger partial charge is 0.407 e. The van der Waals surface area contributed by atoms with Gasteiger partial charge >= 0.3 is 6.09 Å². The fraction of sp³-hybridized carbons (Fsp3) is 0.286. The minimum Gasteiger partial charge on any atom is -0.465 e. The van der Waals surface area contributed by atoms with Gasteiger partial charge in [0.1, 0.15) is 10.6 Å². The predicted molar refractivity (Wildman–Crippen MR) is 117 cm³/mol. The Labute approximate surface area is 194 Å². The van der Waals surface area contributed by atoms with Gasteiger partial charge in [-0.05, 0) is 23.6 Å². The van der Waals surface area contributed by atoms with E-state index in [0.717, 1.165) is 29.6 Å². The SMILES string of the molecule is CC(C)(C)CN(Cc1cn(S(=O)(=O)c2cncc(Cl)c2)c(-c2cccnc2F)c1F)C(=O)O. The topological polar surface area (TPSA) is 105 Å². The van der Waals surface area contributed by atoms with Crippen molar-refractivity contribution in [3.05, 3.63) is 65.3 Å². The molecule has 3 aromatic heterocycles. The summed E-state index contributed by atoms with van der Waals surface area (Å²) in [6.07, 6.45) is 3.00. The minimum atomic E-state index is -4.48. The van der Waals surface area contributed by atoms with Crippen molar-refractivity contribution in [1.29, 1.82) is 0 Å².